The average molecular weight is 223 g/mol. The predicted molar refractivity (Wildman–Crippen MR) is 58.7 cm³/mol. The summed E-state index contributed by atoms with van der Waals surface area (Å²) < 4.78 is 1.77. The van der Waals surface area contributed by atoms with Crippen LogP contribution in [0.5, 0.6) is 0 Å². The molecule has 0 radical (unpaired) electrons. The van der Waals surface area contributed by atoms with E-state index < -0.39 is 6.10 Å². The SMILES string of the molecule is Cn1cncc1C(O)c1ccccc1Cl. The minimum atomic E-state index is -0.730. The van der Waals surface area contributed by atoms with Gasteiger partial charge in [0, 0.05) is 17.6 Å². The van der Waals surface area contributed by atoms with Crippen LogP contribution >= 0.6 is 11.6 Å². The monoisotopic (exact) mass is 222 g/mol. The highest BCUT2D eigenvalue weighted by atomic mass is 35.5. The van der Waals surface area contributed by atoms with Crippen LogP contribution in [0.4, 0.5) is 0 Å². The van der Waals surface area contributed by atoms with Gasteiger partial charge in [-0.1, -0.05) is 29.8 Å². The molecule has 1 N–H and O–H groups in total. The molecule has 0 spiro atoms. The fourth-order valence-corrected chi connectivity index (χ4v) is 1.73. The lowest BCUT2D eigenvalue weighted by atomic mass is 10.1. The number of hydrogen-bond donors (Lipinski definition) is 1. The van der Waals surface area contributed by atoms with Crippen molar-refractivity contribution in [1.29, 1.82) is 0 Å². The summed E-state index contributed by atoms with van der Waals surface area (Å²) in [4.78, 5) is 3.96. The Bertz CT molecular complexity index is 467. The van der Waals surface area contributed by atoms with Gasteiger partial charge in [-0.15, -0.1) is 0 Å². The number of imidazole rings is 1. The molecule has 0 amide bonds. The molecule has 0 aliphatic heterocycles. The van der Waals surface area contributed by atoms with E-state index in [0.29, 0.717) is 10.6 Å². The second kappa shape index (κ2) is 4.04. The molecule has 3 nitrogen and oxygen atoms in total. The summed E-state index contributed by atoms with van der Waals surface area (Å²) in [6.45, 7) is 0. The van der Waals surface area contributed by atoms with E-state index >= 15 is 0 Å². The molecule has 0 bridgehead atoms. The van der Waals surface area contributed by atoms with E-state index in [4.69, 9.17) is 11.6 Å². The van der Waals surface area contributed by atoms with Crippen molar-refractivity contribution >= 4 is 11.6 Å². The second-order valence-electron chi connectivity index (χ2n) is 3.35. The van der Waals surface area contributed by atoms with E-state index in [1.54, 1.807) is 29.2 Å². The van der Waals surface area contributed by atoms with E-state index in [9.17, 15) is 5.11 Å². The molecule has 4 heteroatoms. The normalized spacial score (nSPS) is 12.7. The summed E-state index contributed by atoms with van der Waals surface area (Å²) in [6, 6.07) is 7.25. The van der Waals surface area contributed by atoms with E-state index in [1.807, 2.05) is 19.2 Å². The molecular formula is C11H11ClN2O. The second-order valence-corrected chi connectivity index (χ2v) is 3.76. The Morgan fingerprint density at radius 2 is 2.13 bits per heavy atom. The molecule has 78 valence electrons. The lowest BCUT2D eigenvalue weighted by Crippen LogP contribution is -2.05. The third-order valence-electron chi connectivity index (χ3n) is 2.33. The smallest absolute Gasteiger partial charge is 0.122 e. The van der Waals surface area contributed by atoms with Crippen LogP contribution in [0.25, 0.3) is 0 Å². The largest absolute Gasteiger partial charge is 0.382 e. The third kappa shape index (κ3) is 1.89. The molecule has 15 heavy (non-hydrogen) atoms. The highest BCUT2D eigenvalue weighted by Crippen LogP contribution is 2.27. The Morgan fingerprint density at radius 1 is 1.40 bits per heavy atom. The van der Waals surface area contributed by atoms with Gasteiger partial charge < -0.3 is 9.67 Å². The van der Waals surface area contributed by atoms with Crippen molar-refractivity contribution in [3.8, 4) is 0 Å². The number of aromatic nitrogens is 2. The van der Waals surface area contributed by atoms with Gasteiger partial charge in [0.25, 0.3) is 0 Å². The Kier molecular flexibility index (Phi) is 2.75. The maximum absolute atomic E-state index is 10.1. The van der Waals surface area contributed by atoms with Crippen molar-refractivity contribution in [1.82, 2.24) is 9.55 Å². The fraction of sp³-hybridized carbons (Fsp3) is 0.182. The first-order valence-corrected chi connectivity index (χ1v) is 4.96. The molecule has 0 aliphatic carbocycles. The molecule has 1 aromatic carbocycles. The first-order chi connectivity index (χ1) is 7.20. The van der Waals surface area contributed by atoms with Crippen LogP contribution in [0.2, 0.25) is 5.02 Å². The van der Waals surface area contributed by atoms with Crippen molar-refractivity contribution in [3.05, 3.63) is 53.1 Å². The van der Waals surface area contributed by atoms with Crippen molar-refractivity contribution in [2.24, 2.45) is 7.05 Å². The van der Waals surface area contributed by atoms with E-state index in [1.165, 1.54) is 0 Å². The van der Waals surface area contributed by atoms with Crippen LogP contribution < -0.4 is 0 Å². The molecule has 0 saturated heterocycles. The molecule has 2 rings (SSSR count). The fourth-order valence-electron chi connectivity index (χ4n) is 1.49. The Balaban J connectivity index is 2.41. The van der Waals surface area contributed by atoms with Crippen molar-refractivity contribution in [2.75, 3.05) is 0 Å². The van der Waals surface area contributed by atoms with E-state index in [0.717, 1.165) is 5.69 Å². The Morgan fingerprint density at radius 3 is 2.73 bits per heavy atom. The Hall–Kier alpha value is -1.32. The summed E-state index contributed by atoms with van der Waals surface area (Å²) in [5, 5.41) is 10.7. The standard InChI is InChI=1S/C11H11ClN2O/c1-14-7-13-6-10(14)11(15)8-4-2-3-5-9(8)12/h2-7,11,15H,1H3. The number of aliphatic hydroxyl groups excluding tert-OH is 1. The average Bonchev–Trinajstić information content (AvgIpc) is 2.64. The molecule has 1 aromatic heterocycles. The number of halogens is 1. The highest BCUT2D eigenvalue weighted by molar-refractivity contribution is 6.31. The zero-order valence-electron chi connectivity index (χ0n) is 8.26. The van der Waals surface area contributed by atoms with Crippen molar-refractivity contribution < 1.29 is 5.11 Å². The van der Waals surface area contributed by atoms with Crippen LogP contribution in [0.1, 0.15) is 17.4 Å². The third-order valence-corrected chi connectivity index (χ3v) is 2.68. The van der Waals surface area contributed by atoms with E-state index in [-0.39, 0.29) is 0 Å². The van der Waals surface area contributed by atoms with Gasteiger partial charge in [0.05, 0.1) is 18.2 Å². The van der Waals surface area contributed by atoms with Crippen LogP contribution in [0, 0.1) is 0 Å². The topological polar surface area (TPSA) is 38.0 Å². The number of aryl methyl sites for hydroxylation is 1. The van der Waals surface area contributed by atoms with Crippen molar-refractivity contribution in [2.45, 2.75) is 6.10 Å². The summed E-state index contributed by atoms with van der Waals surface area (Å²) in [5.74, 6) is 0. The lowest BCUT2D eigenvalue weighted by molar-refractivity contribution is 0.211. The van der Waals surface area contributed by atoms with Gasteiger partial charge in [-0.25, -0.2) is 4.98 Å². The molecule has 0 fully saturated rings. The van der Waals surface area contributed by atoms with Crippen molar-refractivity contribution in [3.63, 3.8) is 0 Å². The number of rotatable bonds is 2. The highest BCUT2D eigenvalue weighted by Gasteiger charge is 2.15. The van der Waals surface area contributed by atoms with E-state index in [2.05, 4.69) is 4.98 Å². The number of aliphatic hydroxyl groups is 1. The van der Waals surface area contributed by atoms with Gasteiger partial charge in [0.2, 0.25) is 0 Å². The quantitative estimate of drug-likeness (QED) is 0.846. The number of nitrogens with zero attached hydrogens (tertiary/aromatic N) is 2. The van der Waals surface area contributed by atoms with Gasteiger partial charge in [-0.3, -0.25) is 0 Å². The Labute approximate surface area is 93.0 Å². The maximum Gasteiger partial charge on any atom is 0.122 e. The zero-order chi connectivity index (χ0) is 10.8. The maximum atomic E-state index is 10.1. The molecule has 1 atom stereocenters. The minimum Gasteiger partial charge on any atom is -0.382 e. The molecule has 2 aromatic rings. The number of hydrogen-bond acceptors (Lipinski definition) is 2. The minimum absolute atomic E-state index is 0.561. The predicted octanol–water partition coefficient (Wildman–Crippen LogP) is 2.16. The van der Waals surface area contributed by atoms with Crippen LogP contribution in [-0.2, 0) is 7.05 Å². The zero-order valence-corrected chi connectivity index (χ0v) is 9.02. The lowest BCUT2D eigenvalue weighted by Gasteiger charge is -2.12. The number of benzene rings is 1. The summed E-state index contributed by atoms with van der Waals surface area (Å²) in [7, 11) is 1.84. The summed E-state index contributed by atoms with van der Waals surface area (Å²) in [5.41, 5.74) is 1.42. The van der Waals surface area contributed by atoms with Crippen LogP contribution in [-0.4, -0.2) is 14.7 Å². The summed E-state index contributed by atoms with van der Waals surface area (Å²) >= 11 is 6.00. The van der Waals surface area contributed by atoms with Crippen LogP contribution in [0.15, 0.2) is 36.8 Å². The molecule has 1 heterocycles. The van der Waals surface area contributed by atoms with Gasteiger partial charge in [0.15, 0.2) is 0 Å². The van der Waals surface area contributed by atoms with Gasteiger partial charge in [-0.2, -0.15) is 0 Å². The first kappa shape index (κ1) is 10.2. The van der Waals surface area contributed by atoms with Gasteiger partial charge >= 0.3 is 0 Å². The van der Waals surface area contributed by atoms with Gasteiger partial charge in [-0.05, 0) is 6.07 Å². The van der Waals surface area contributed by atoms with Crippen LogP contribution in [0.3, 0.4) is 0 Å². The first-order valence-electron chi connectivity index (χ1n) is 4.59. The molecule has 0 aliphatic rings. The van der Waals surface area contributed by atoms with Gasteiger partial charge in [0.1, 0.15) is 6.10 Å². The molecule has 1 unspecified atom stereocenters. The molecular weight excluding hydrogens is 212 g/mol. The summed E-state index contributed by atoms with van der Waals surface area (Å²) in [6.07, 6.45) is 2.55. The molecule has 0 saturated carbocycles.